The van der Waals surface area contributed by atoms with Crippen molar-refractivity contribution in [3.8, 4) is 11.5 Å². The number of benzene rings is 2. The van der Waals surface area contributed by atoms with Gasteiger partial charge in [-0.15, -0.1) is 0 Å². The summed E-state index contributed by atoms with van der Waals surface area (Å²) in [6.45, 7) is 3.14. The molecule has 1 saturated heterocycles. The molecule has 6 heteroatoms. The van der Waals surface area contributed by atoms with Crippen LogP contribution in [-0.4, -0.2) is 38.3 Å². The van der Waals surface area contributed by atoms with Crippen LogP contribution in [0.25, 0.3) is 0 Å². The summed E-state index contributed by atoms with van der Waals surface area (Å²) >= 11 is 0. The third-order valence-corrected chi connectivity index (χ3v) is 4.76. The monoisotopic (exact) mass is 372 g/mol. The minimum atomic E-state index is -0.610. The first-order valence-electron chi connectivity index (χ1n) is 9.17. The van der Waals surface area contributed by atoms with Crippen molar-refractivity contribution >= 4 is 11.6 Å². The molecule has 3 rings (SSSR count). The molecule has 0 bridgehead atoms. The van der Waals surface area contributed by atoms with Crippen molar-refractivity contribution in [2.45, 2.75) is 31.9 Å². The lowest BCUT2D eigenvalue weighted by Gasteiger charge is -2.34. The molecule has 1 heterocycles. The predicted octanol–water partition coefficient (Wildman–Crippen LogP) is 3.39. The van der Waals surface area contributed by atoms with Gasteiger partial charge in [0.1, 0.15) is 17.3 Å². The quantitative estimate of drug-likeness (QED) is 0.845. The largest absolute Gasteiger partial charge is 0.497 e. The van der Waals surface area contributed by atoms with E-state index >= 15 is 0 Å². The van der Waals surface area contributed by atoms with Gasteiger partial charge in [-0.3, -0.25) is 4.79 Å². The highest BCUT2D eigenvalue weighted by molar-refractivity contribution is 5.81. The number of nitrogens with zero attached hydrogens (tertiary/aromatic N) is 1. The molecule has 0 aromatic heterocycles. The van der Waals surface area contributed by atoms with Crippen LogP contribution in [-0.2, 0) is 4.79 Å². The van der Waals surface area contributed by atoms with Crippen LogP contribution in [0.1, 0.15) is 19.8 Å². The molecule has 0 saturated carbocycles. The molecule has 1 atom stereocenters. The number of para-hydroxylation sites is 1. The Kier molecular flexibility index (Phi) is 6.16. The van der Waals surface area contributed by atoms with Gasteiger partial charge in [0.05, 0.1) is 12.8 Å². The average Bonchev–Trinajstić information content (AvgIpc) is 2.69. The van der Waals surface area contributed by atoms with Gasteiger partial charge < -0.3 is 19.7 Å². The molecule has 0 unspecified atom stereocenters. The fourth-order valence-electron chi connectivity index (χ4n) is 3.22. The first-order chi connectivity index (χ1) is 13.1. The van der Waals surface area contributed by atoms with Gasteiger partial charge in [0.2, 0.25) is 0 Å². The fraction of sp³-hybridized carbons (Fsp3) is 0.381. The summed E-state index contributed by atoms with van der Waals surface area (Å²) in [7, 11) is 1.59. The first-order valence-corrected chi connectivity index (χ1v) is 9.17. The molecule has 2 aromatic rings. The Balaban J connectivity index is 1.49. The average molecular weight is 372 g/mol. The van der Waals surface area contributed by atoms with E-state index in [2.05, 4.69) is 5.32 Å². The number of carbonyl (C=O) groups is 1. The molecular weight excluding hydrogens is 347 g/mol. The Morgan fingerprint density at radius 1 is 1.15 bits per heavy atom. The Morgan fingerprint density at radius 3 is 2.56 bits per heavy atom. The van der Waals surface area contributed by atoms with Gasteiger partial charge in [-0.05, 0) is 44.0 Å². The maximum atomic E-state index is 13.9. The van der Waals surface area contributed by atoms with E-state index < -0.39 is 6.10 Å². The van der Waals surface area contributed by atoms with Crippen molar-refractivity contribution in [1.29, 1.82) is 0 Å². The van der Waals surface area contributed by atoms with Crippen molar-refractivity contribution in [1.82, 2.24) is 5.32 Å². The minimum absolute atomic E-state index is 0.0666. The zero-order valence-electron chi connectivity index (χ0n) is 15.7. The maximum absolute atomic E-state index is 13.9. The Labute approximate surface area is 159 Å². The molecule has 27 heavy (non-hydrogen) atoms. The SMILES string of the molecule is COc1cccc(O[C@H](C)C(=O)NC2CCN(c3ccccc3F)CC2)c1. The van der Waals surface area contributed by atoms with E-state index in [9.17, 15) is 9.18 Å². The topological polar surface area (TPSA) is 50.8 Å². The molecule has 0 aliphatic carbocycles. The van der Waals surface area contributed by atoms with Gasteiger partial charge in [-0.2, -0.15) is 0 Å². The van der Waals surface area contributed by atoms with E-state index in [0.29, 0.717) is 30.3 Å². The highest BCUT2D eigenvalue weighted by atomic mass is 19.1. The van der Waals surface area contributed by atoms with Crippen LogP contribution in [0.3, 0.4) is 0 Å². The van der Waals surface area contributed by atoms with Gasteiger partial charge in [0.15, 0.2) is 6.10 Å². The summed E-state index contributed by atoms with van der Waals surface area (Å²) in [6, 6.07) is 14.0. The molecule has 0 spiro atoms. The molecule has 1 aliphatic rings. The van der Waals surface area contributed by atoms with Crippen molar-refractivity contribution in [3.05, 3.63) is 54.3 Å². The lowest BCUT2D eigenvalue weighted by atomic mass is 10.0. The molecule has 5 nitrogen and oxygen atoms in total. The molecule has 1 N–H and O–H groups in total. The second-order valence-electron chi connectivity index (χ2n) is 6.66. The molecule has 2 aromatic carbocycles. The molecule has 144 valence electrons. The van der Waals surface area contributed by atoms with Gasteiger partial charge in [-0.1, -0.05) is 18.2 Å². The predicted molar refractivity (Wildman–Crippen MR) is 103 cm³/mol. The van der Waals surface area contributed by atoms with Crippen molar-refractivity contribution in [3.63, 3.8) is 0 Å². The van der Waals surface area contributed by atoms with E-state index in [-0.39, 0.29) is 17.8 Å². The van der Waals surface area contributed by atoms with Crippen LogP contribution in [0, 0.1) is 5.82 Å². The number of nitrogens with one attached hydrogen (secondary N) is 1. The summed E-state index contributed by atoms with van der Waals surface area (Å²) in [4.78, 5) is 14.5. The maximum Gasteiger partial charge on any atom is 0.260 e. The first kappa shape index (κ1) is 19.0. The number of anilines is 1. The minimum Gasteiger partial charge on any atom is -0.497 e. The van der Waals surface area contributed by atoms with E-state index in [1.165, 1.54) is 6.07 Å². The van der Waals surface area contributed by atoms with E-state index in [0.717, 1.165) is 12.8 Å². The normalized spacial score (nSPS) is 15.9. The molecule has 1 fully saturated rings. The van der Waals surface area contributed by atoms with Crippen LogP contribution in [0.15, 0.2) is 48.5 Å². The highest BCUT2D eigenvalue weighted by Crippen LogP contribution is 2.23. The Hall–Kier alpha value is -2.76. The number of ether oxygens (including phenoxy) is 2. The number of halogens is 1. The van der Waals surface area contributed by atoms with Crippen LogP contribution in [0.5, 0.6) is 11.5 Å². The number of methoxy groups -OCH3 is 1. The number of hydrogen-bond donors (Lipinski definition) is 1. The summed E-state index contributed by atoms with van der Waals surface area (Å²) in [6.07, 6.45) is 0.930. The van der Waals surface area contributed by atoms with E-state index in [1.807, 2.05) is 23.1 Å². The molecule has 0 radical (unpaired) electrons. The number of hydrogen-bond acceptors (Lipinski definition) is 4. The number of piperidine rings is 1. The van der Waals surface area contributed by atoms with Crippen molar-refractivity contribution < 1.29 is 18.7 Å². The fourth-order valence-corrected chi connectivity index (χ4v) is 3.22. The summed E-state index contributed by atoms with van der Waals surface area (Å²) in [5, 5.41) is 3.04. The standard InChI is InChI=1S/C21H25FN2O3/c1-15(27-18-7-5-6-17(14-18)26-2)21(25)23-16-10-12-24(13-11-16)20-9-4-3-8-19(20)22/h3-9,14-16H,10-13H2,1-2H3,(H,23,25)/t15-/m1/s1. The second-order valence-corrected chi connectivity index (χ2v) is 6.66. The summed E-state index contributed by atoms with van der Waals surface area (Å²) in [5.74, 6) is 0.912. The van der Waals surface area contributed by atoms with Crippen molar-refractivity contribution in [2.75, 3.05) is 25.1 Å². The zero-order valence-corrected chi connectivity index (χ0v) is 15.7. The number of amides is 1. The van der Waals surface area contributed by atoms with Gasteiger partial charge >= 0.3 is 0 Å². The van der Waals surface area contributed by atoms with Gasteiger partial charge in [-0.25, -0.2) is 4.39 Å². The Bertz CT molecular complexity index is 776. The smallest absolute Gasteiger partial charge is 0.260 e. The zero-order chi connectivity index (χ0) is 19.2. The van der Waals surface area contributed by atoms with Gasteiger partial charge in [0.25, 0.3) is 5.91 Å². The molecular formula is C21H25FN2O3. The van der Waals surface area contributed by atoms with Gasteiger partial charge in [0, 0.05) is 25.2 Å². The second kappa shape index (κ2) is 8.75. The van der Waals surface area contributed by atoms with Crippen LogP contribution in [0.4, 0.5) is 10.1 Å². The van der Waals surface area contributed by atoms with Crippen LogP contribution in [0.2, 0.25) is 0 Å². The van der Waals surface area contributed by atoms with Crippen LogP contribution < -0.4 is 19.7 Å². The third-order valence-electron chi connectivity index (χ3n) is 4.76. The highest BCUT2D eigenvalue weighted by Gasteiger charge is 2.24. The summed E-state index contributed by atoms with van der Waals surface area (Å²) in [5.41, 5.74) is 0.622. The Morgan fingerprint density at radius 2 is 1.85 bits per heavy atom. The lowest BCUT2D eigenvalue weighted by Crippen LogP contribution is -2.48. The number of carbonyl (C=O) groups excluding carboxylic acids is 1. The van der Waals surface area contributed by atoms with Crippen molar-refractivity contribution in [2.24, 2.45) is 0 Å². The number of rotatable bonds is 6. The van der Waals surface area contributed by atoms with E-state index in [4.69, 9.17) is 9.47 Å². The lowest BCUT2D eigenvalue weighted by molar-refractivity contribution is -0.128. The third kappa shape index (κ3) is 4.90. The summed E-state index contributed by atoms with van der Waals surface area (Å²) < 4.78 is 24.8. The molecule has 1 amide bonds. The van der Waals surface area contributed by atoms with E-state index in [1.54, 1.807) is 38.3 Å². The molecule has 1 aliphatic heterocycles. The van der Waals surface area contributed by atoms with Crippen LogP contribution >= 0.6 is 0 Å².